The maximum Gasteiger partial charge on any atom is 0.165 e. The fourth-order valence-electron chi connectivity index (χ4n) is 3.24. The maximum absolute atomic E-state index is 6.35. The molecule has 1 aromatic carbocycles. The summed E-state index contributed by atoms with van der Waals surface area (Å²) < 4.78 is 1.92. The Bertz CT molecular complexity index is 650. The van der Waals surface area contributed by atoms with Gasteiger partial charge in [-0.05, 0) is 35.4 Å². The van der Waals surface area contributed by atoms with Crippen molar-refractivity contribution in [2.75, 3.05) is 26.2 Å². The van der Waals surface area contributed by atoms with Crippen LogP contribution in [0.4, 0.5) is 0 Å². The lowest BCUT2D eigenvalue weighted by Gasteiger charge is -2.38. The number of benzene rings is 1. The number of hydrogen-bond donors (Lipinski definition) is 0. The molecule has 1 aliphatic heterocycles. The van der Waals surface area contributed by atoms with E-state index >= 15 is 0 Å². The van der Waals surface area contributed by atoms with Crippen LogP contribution < -0.4 is 0 Å². The monoisotopic (exact) mass is 348 g/mol. The van der Waals surface area contributed by atoms with Gasteiger partial charge in [-0.15, -0.1) is 5.10 Å². The Hall–Kier alpha value is -1.50. The molecule has 0 saturated carbocycles. The second-order valence-corrected chi connectivity index (χ2v) is 6.74. The van der Waals surface area contributed by atoms with E-state index in [1.54, 1.807) is 0 Å². The minimum atomic E-state index is 0.339. The van der Waals surface area contributed by atoms with Crippen molar-refractivity contribution in [1.29, 1.82) is 0 Å². The number of nitrogens with zero attached hydrogens (tertiary/aromatic N) is 6. The summed E-state index contributed by atoms with van der Waals surface area (Å²) in [5.74, 6) is 0.962. The molecule has 2 aromatic rings. The Morgan fingerprint density at radius 1 is 1.17 bits per heavy atom. The van der Waals surface area contributed by atoms with Crippen molar-refractivity contribution in [3.05, 3.63) is 40.7 Å². The Kier molecular flexibility index (Phi) is 5.81. The summed E-state index contributed by atoms with van der Waals surface area (Å²) in [6.45, 7) is 10.2. The van der Waals surface area contributed by atoms with Crippen LogP contribution in [0.1, 0.15) is 37.7 Å². The van der Waals surface area contributed by atoms with Crippen LogP contribution >= 0.6 is 11.6 Å². The molecular formula is C17H25ClN6. The first kappa shape index (κ1) is 17.3. The first-order valence-electron chi connectivity index (χ1n) is 8.65. The maximum atomic E-state index is 6.35. The second kappa shape index (κ2) is 8.05. The van der Waals surface area contributed by atoms with Gasteiger partial charge in [0.05, 0.1) is 6.54 Å². The molecule has 1 saturated heterocycles. The second-order valence-electron chi connectivity index (χ2n) is 6.33. The average molecular weight is 349 g/mol. The molecule has 130 valence electrons. The van der Waals surface area contributed by atoms with Gasteiger partial charge >= 0.3 is 0 Å². The molecule has 6 nitrogen and oxygen atoms in total. The quantitative estimate of drug-likeness (QED) is 0.803. The largest absolute Gasteiger partial charge is 0.294 e. The molecule has 1 fully saturated rings. The Balaban J connectivity index is 1.56. The molecule has 1 aromatic heterocycles. The van der Waals surface area contributed by atoms with Crippen molar-refractivity contribution in [3.8, 4) is 0 Å². The van der Waals surface area contributed by atoms with Crippen molar-refractivity contribution in [2.24, 2.45) is 0 Å². The zero-order valence-corrected chi connectivity index (χ0v) is 15.2. The zero-order chi connectivity index (χ0) is 16.9. The first-order valence-corrected chi connectivity index (χ1v) is 9.02. The van der Waals surface area contributed by atoms with Crippen LogP contribution in [0.15, 0.2) is 24.3 Å². The predicted octanol–water partition coefficient (Wildman–Crippen LogP) is 2.62. The fourth-order valence-corrected chi connectivity index (χ4v) is 3.53. The first-order chi connectivity index (χ1) is 11.7. The molecule has 0 radical (unpaired) electrons. The molecule has 0 spiro atoms. The van der Waals surface area contributed by atoms with Gasteiger partial charge in [-0.25, -0.2) is 4.68 Å². The Morgan fingerprint density at radius 2 is 1.92 bits per heavy atom. The SMILES string of the molecule is CCCn1nnnc1CN1CCN(C(C)c2ccccc2Cl)CC1. The van der Waals surface area contributed by atoms with Gasteiger partial charge in [0, 0.05) is 43.8 Å². The van der Waals surface area contributed by atoms with Gasteiger partial charge < -0.3 is 0 Å². The van der Waals surface area contributed by atoms with Gasteiger partial charge in [0.1, 0.15) is 0 Å². The summed E-state index contributed by atoms with van der Waals surface area (Å²) in [6, 6.07) is 8.47. The van der Waals surface area contributed by atoms with Crippen LogP contribution in [-0.2, 0) is 13.1 Å². The number of aromatic nitrogens is 4. The van der Waals surface area contributed by atoms with Crippen molar-refractivity contribution >= 4 is 11.6 Å². The van der Waals surface area contributed by atoms with Crippen LogP contribution in [0.25, 0.3) is 0 Å². The molecule has 24 heavy (non-hydrogen) atoms. The number of rotatable bonds is 6. The van der Waals surface area contributed by atoms with E-state index in [9.17, 15) is 0 Å². The summed E-state index contributed by atoms with van der Waals surface area (Å²) in [4.78, 5) is 4.92. The van der Waals surface area contributed by atoms with Gasteiger partial charge in [-0.2, -0.15) is 0 Å². The zero-order valence-electron chi connectivity index (χ0n) is 14.4. The highest BCUT2D eigenvalue weighted by Gasteiger charge is 2.24. The molecular weight excluding hydrogens is 324 g/mol. The highest BCUT2D eigenvalue weighted by atomic mass is 35.5. The summed E-state index contributed by atoms with van der Waals surface area (Å²) in [7, 11) is 0. The summed E-state index contributed by atoms with van der Waals surface area (Å²) in [5.41, 5.74) is 1.21. The third-order valence-corrected chi connectivity index (χ3v) is 5.06. The Labute approximate surface area is 148 Å². The number of tetrazole rings is 1. The minimum absolute atomic E-state index is 0.339. The van der Waals surface area contributed by atoms with Crippen molar-refractivity contribution < 1.29 is 0 Å². The van der Waals surface area contributed by atoms with Gasteiger partial charge in [0.2, 0.25) is 0 Å². The molecule has 1 aliphatic rings. The van der Waals surface area contributed by atoms with E-state index < -0.39 is 0 Å². The van der Waals surface area contributed by atoms with Crippen molar-refractivity contribution in [1.82, 2.24) is 30.0 Å². The van der Waals surface area contributed by atoms with Gasteiger partial charge in [-0.3, -0.25) is 9.80 Å². The predicted molar refractivity (Wildman–Crippen MR) is 94.8 cm³/mol. The summed E-state index contributed by atoms with van der Waals surface area (Å²) >= 11 is 6.35. The highest BCUT2D eigenvalue weighted by Crippen LogP contribution is 2.27. The van der Waals surface area contributed by atoms with Crippen LogP contribution in [-0.4, -0.2) is 56.2 Å². The van der Waals surface area contributed by atoms with E-state index in [1.165, 1.54) is 5.56 Å². The third-order valence-electron chi connectivity index (χ3n) is 4.72. The van der Waals surface area contributed by atoms with Gasteiger partial charge in [-0.1, -0.05) is 36.7 Å². The number of halogens is 1. The molecule has 3 rings (SSSR count). The minimum Gasteiger partial charge on any atom is -0.294 e. The van der Waals surface area contributed by atoms with Gasteiger partial charge in [0.25, 0.3) is 0 Å². The van der Waals surface area contributed by atoms with E-state index in [2.05, 4.69) is 51.3 Å². The lowest BCUT2D eigenvalue weighted by molar-refractivity contribution is 0.0951. The number of aryl methyl sites for hydroxylation is 1. The average Bonchev–Trinajstić information content (AvgIpc) is 3.03. The lowest BCUT2D eigenvalue weighted by atomic mass is 10.1. The summed E-state index contributed by atoms with van der Waals surface area (Å²) in [5, 5.41) is 12.9. The molecule has 1 atom stereocenters. The molecule has 0 N–H and O–H groups in total. The van der Waals surface area contributed by atoms with E-state index in [0.717, 1.165) is 56.5 Å². The highest BCUT2D eigenvalue weighted by molar-refractivity contribution is 6.31. The van der Waals surface area contributed by atoms with Crippen molar-refractivity contribution in [2.45, 2.75) is 39.4 Å². The summed E-state index contributed by atoms with van der Waals surface area (Å²) in [6.07, 6.45) is 1.04. The van der Waals surface area contributed by atoms with Crippen LogP contribution in [0, 0.1) is 0 Å². The molecule has 0 aliphatic carbocycles. The van der Waals surface area contributed by atoms with E-state index in [-0.39, 0.29) is 0 Å². The van der Waals surface area contributed by atoms with Crippen LogP contribution in [0.5, 0.6) is 0 Å². The topological polar surface area (TPSA) is 50.1 Å². The smallest absolute Gasteiger partial charge is 0.165 e. The fraction of sp³-hybridized carbons (Fsp3) is 0.588. The van der Waals surface area contributed by atoms with Gasteiger partial charge in [0.15, 0.2) is 5.82 Å². The Morgan fingerprint density at radius 3 is 2.62 bits per heavy atom. The van der Waals surface area contributed by atoms with Crippen LogP contribution in [0.2, 0.25) is 5.02 Å². The molecule has 0 bridgehead atoms. The van der Waals surface area contributed by atoms with Crippen molar-refractivity contribution in [3.63, 3.8) is 0 Å². The van der Waals surface area contributed by atoms with E-state index in [0.29, 0.717) is 6.04 Å². The lowest BCUT2D eigenvalue weighted by Crippen LogP contribution is -2.47. The number of hydrogen-bond acceptors (Lipinski definition) is 5. The molecule has 1 unspecified atom stereocenters. The third kappa shape index (κ3) is 3.94. The standard InChI is InChI=1S/C17H25ClN6/c1-3-8-24-17(19-20-21-24)13-22-9-11-23(12-10-22)14(2)15-6-4-5-7-16(15)18/h4-7,14H,3,8-13H2,1-2H3. The molecule has 7 heteroatoms. The van der Waals surface area contributed by atoms with E-state index in [4.69, 9.17) is 11.6 Å². The van der Waals surface area contributed by atoms with E-state index in [1.807, 2.05) is 16.8 Å². The molecule has 0 amide bonds. The normalized spacial score (nSPS) is 18.0. The molecule has 2 heterocycles. The number of piperazine rings is 1. The van der Waals surface area contributed by atoms with Crippen LogP contribution in [0.3, 0.4) is 0 Å².